The van der Waals surface area contributed by atoms with Crippen LogP contribution in [0.2, 0.25) is 5.02 Å². The highest BCUT2D eigenvalue weighted by molar-refractivity contribution is 6.42. The van der Waals surface area contributed by atoms with E-state index < -0.39 is 0 Å². The van der Waals surface area contributed by atoms with Crippen molar-refractivity contribution in [1.82, 2.24) is 9.99 Å². The first-order valence-corrected chi connectivity index (χ1v) is 10.3. The van der Waals surface area contributed by atoms with Crippen LogP contribution in [-0.4, -0.2) is 16.7 Å². The fourth-order valence-corrected chi connectivity index (χ4v) is 4.18. The fraction of sp³-hybridized carbons (Fsp3) is 0. The normalized spacial score (nSPS) is 11.4. The lowest BCUT2D eigenvalue weighted by Gasteiger charge is -2.11. The van der Waals surface area contributed by atoms with E-state index in [1.165, 1.54) is 0 Å². The molecule has 0 radical (unpaired) electrons. The minimum absolute atomic E-state index is 0.275. The Bertz CT molecular complexity index is 1380. The maximum atomic E-state index is 12.9. The summed E-state index contributed by atoms with van der Waals surface area (Å²) in [6, 6.07) is 27.1. The molecule has 1 N–H and O–H groups in total. The molecular formula is C26H18ClN3O. The first-order chi connectivity index (χ1) is 15.2. The van der Waals surface area contributed by atoms with Crippen molar-refractivity contribution in [2.75, 3.05) is 0 Å². The summed E-state index contributed by atoms with van der Waals surface area (Å²) < 4.78 is 1.90. The van der Waals surface area contributed by atoms with Gasteiger partial charge in [-0.2, -0.15) is 5.10 Å². The molecule has 0 bridgehead atoms. The molecule has 0 aliphatic rings. The molecule has 0 spiro atoms. The lowest BCUT2D eigenvalue weighted by Crippen LogP contribution is -2.19. The van der Waals surface area contributed by atoms with Gasteiger partial charge < -0.3 is 4.57 Å². The van der Waals surface area contributed by atoms with Gasteiger partial charge in [0.15, 0.2) is 0 Å². The highest BCUT2D eigenvalue weighted by Crippen LogP contribution is 2.35. The molecular weight excluding hydrogens is 406 g/mol. The number of amides is 1. The van der Waals surface area contributed by atoms with E-state index in [9.17, 15) is 4.79 Å². The van der Waals surface area contributed by atoms with Gasteiger partial charge in [-0.3, -0.25) is 4.79 Å². The van der Waals surface area contributed by atoms with Gasteiger partial charge in [-0.15, -0.1) is 0 Å². The van der Waals surface area contributed by atoms with E-state index in [1.54, 1.807) is 12.3 Å². The molecule has 1 heterocycles. The van der Waals surface area contributed by atoms with Gasteiger partial charge in [-0.25, -0.2) is 5.43 Å². The standard InChI is InChI=1S/C26H18ClN3O/c27-25-20-11-3-1-9-18(20)23(19-10-2-4-12-21(19)25)17-28-29-26(31)22-13-5-6-14-24(22)30-15-7-8-16-30/h1-17H,(H,29,31)/b28-17+. The zero-order chi connectivity index (χ0) is 21.2. The van der Waals surface area contributed by atoms with Crippen LogP contribution in [0.3, 0.4) is 0 Å². The van der Waals surface area contributed by atoms with Gasteiger partial charge in [-0.1, -0.05) is 72.3 Å². The van der Waals surface area contributed by atoms with Crippen LogP contribution in [0.5, 0.6) is 0 Å². The van der Waals surface area contributed by atoms with Gasteiger partial charge >= 0.3 is 0 Å². The van der Waals surface area contributed by atoms with Crippen molar-refractivity contribution in [3.63, 3.8) is 0 Å². The Morgan fingerprint density at radius 3 is 1.97 bits per heavy atom. The van der Waals surface area contributed by atoms with E-state index in [0.717, 1.165) is 32.8 Å². The molecule has 0 fully saturated rings. The predicted octanol–water partition coefficient (Wildman–Crippen LogP) is 6.20. The molecule has 31 heavy (non-hydrogen) atoms. The number of fused-ring (bicyclic) bond motifs is 2. The fourth-order valence-electron chi connectivity index (χ4n) is 3.85. The van der Waals surface area contributed by atoms with Crippen LogP contribution in [0.4, 0.5) is 0 Å². The van der Waals surface area contributed by atoms with E-state index in [-0.39, 0.29) is 5.91 Å². The molecule has 0 unspecified atom stereocenters. The number of aromatic nitrogens is 1. The maximum absolute atomic E-state index is 12.9. The quantitative estimate of drug-likeness (QED) is 0.209. The Kier molecular flexibility index (Phi) is 4.98. The van der Waals surface area contributed by atoms with Gasteiger partial charge in [0.25, 0.3) is 5.91 Å². The lowest BCUT2D eigenvalue weighted by molar-refractivity contribution is 0.0955. The van der Waals surface area contributed by atoms with Gasteiger partial charge in [-0.05, 0) is 35.0 Å². The van der Waals surface area contributed by atoms with Crippen molar-refractivity contribution >= 4 is 45.3 Å². The van der Waals surface area contributed by atoms with Crippen molar-refractivity contribution in [2.45, 2.75) is 0 Å². The number of nitrogens with one attached hydrogen (secondary N) is 1. The summed E-state index contributed by atoms with van der Waals surface area (Å²) in [5, 5.41) is 8.88. The summed E-state index contributed by atoms with van der Waals surface area (Å²) >= 11 is 6.66. The third-order valence-electron chi connectivity index (χ3n) is 5.30. The topological polar surface area (TPSA) is 46.4 Å². The number of nitrogens with zero attached hydrogens (tertiary/aromatic N) is 2. The molecule has 5 aromatic rings. The summed E-state index contributed by atoms with van der Waals surface area (Å²) in [5.74, 6) is -0.275. The average molecular weight is 424 g/mol. The van der Waals surface area contributed by atoms with Crippen molar-refractivity contribution in [3.8, 4) is 5.69 Å². The van der Waals surface area contributed by atoms with Crippen LogP contribution in [0.1, 0.15) is 15.9 Å². The molecule has 0 saturated carbocycles. The minimum atomic E-state index is -0.275. The SMILES string of the molecule is O=C(N/N=C/c1c2ccccc2c(Cl)c2ccccc12)c1ccccc1-n1cccc1. The number of carbonyl (C=O) groups is 1. The Hall–Kier alpha value is -3.89. The summed E-state index contributed by atoms with van der Waals surface area (Å²) in [6.07, 6.45) is 5.50. The molecule has 4 aromatic carbocycles. The van der Waals surface area contributed by atoms with Gasteiger partial charge in [0, 0.05) is 28.7 Å². The number of hydrogen-bond donors (Lipinski definition) is 1. The highest BCUT2D eigenvalue weighted by atomic mass is 35.5. The number of hydrazone groups is 1. The number of carbonyl (C=O) groups excluding carboxylic acids is 1. The summed E-state index contributed by atoms with van der Waals surface area (Å²) in [7, 11) is 0. The molecule has 0 aliphatic carbocycles. The van der Waals surface area contributed by atoms with Gasteiger partial charge in [0.1, 0.15) is 0 Å². The number of para-hydroxylation sites is 1. The van der Waals surface area contributed by atoms with E-state index in [2.05, 4.69) is 10.5 Å². The van der Waals surface area contributed by atoms with E-state index >= 15 is 0 Å². The Labute approximate surface area is 184 Å². The molecule has 0 atom stereocenters. The second kappa shape index (κ2) is 8.09. The van der Waals surface area contributed by atoms with E-state index in [4.69, 9.17) is 11.6 Å². The second-order valence-corrected chi connectivity index (χ2v) is 7.50. The number of hydrogen-bond acceptors (Lipinski definition) is 2. The molecule has 0 saturated heterocycles. The molecule has 1 aromatic heterocycles. The van der Waals surface area contributed by atoms with Crippen LogP contribution in [-0.2, 0) is 0 Å². The third kappa shape index (κ3) is 3.47. The summed E-state index contributed by atoms with van der Waals surface area (Å²) in [4.78, 5) is 12.9. The number of benzene rings is 4. The maximum Gasteiger partial charge on any atom is 0.273 e. The van der Waals surface area contributed by atoms with Crippen LogP contribution in [0.25, 0.3) is 27.2 Å². The van der Waals surface area contributed by atoms with Crippen LogP contribution >= 0.6 is 11.6 Å². The number of halogens is 1. The first kappa shape index (κ1) is 19.1. The number of rotatable bonds is 4. The molecule has 150 valence electrons. The largest absolute Gasteiger partial charge is 0.323 e. The molecule has 1 amide bonds. The molecule has 0 aliphatic heterocycles. The zero-order valence-corrected chi connectivity index (χ0v) is 17.3. The smallest absolute Gasteiger partial charge is 0.273 e. The Morgan fingerprint density at radius 1 is 0.774 bits per heavy atom. The van der Waals surface area contributed by atoms with Crippen LogP contribution in [0.15, 0.2) is 102 Å². The predicted molar refractivity (Wildman–Crippen MR) is 127 cm³/mol. The lowest BCUT2D eigenvalue weighted by atomic mass is 9.97. The highest BCUT2D eigenvalue weighted by Gasteiger charge is 2.13. The zero-order valence-electron chi connectivity index (χ0n) is 16.5. The Balaban J connectivity index is 1.52. The van der Waals surface area contributed by atoms with E-state index in [0.29, 0.717) is 10.6 Å². The third-order valence-corrected chi connectivity index (χ3v) is 5.71. The van der Waals surface area contributed by atoms with Gasteiger partial charge in [0.05, 0.1) is 22.5 Å². The van der Waals surface area contributed by atoms with Crippen LogP contribution < -0.4 is 5.43 Å². The molecule has 5 rings (SSSR count). The van der Waals surface area contributed by atoms with Gasteiger partial charge in [0.2, 0.25) is 0 Å². The van der Waals surface area contributed by atoms with Crippen molar-refractivity contribution < 1.29 is 4.79 Å². The first-order valence-electron chi connectivity index (χ1n) is 9.89. The van der Waals surface area contributed by atoms with Crippen molar-refractivity contribution in [3.05, 3.63) is 113 Å². The molecule has 5 heteroatoms. The Morgan fingerprint density at radius 2 is 1.32 bits per heavy atom. The van der Waals surface area contributed by atoms with Crippen LogP contribution in [0, 0.1) is 0 Å². The van der Waals surface area contributed by atoms with Crippen molar-refractivity contribution in [1.29, 1.82) is 0 Å². The minimum Gasteiger partial charge on any atom is -0.323 e. The van der Waals surface area contributed by atoms with Crippen molar-refractivity contribution in [2.24, 2.45) is 5.10 Å². The molecule has 4 nitrogen and oxygen atoms in total. The average Bonchev–Trinajstić information content (AvgIpc) is 3.36. The second-order valence-electron chi connectivity index (χ2n) is 7.13. The summed E-state index contributed by atoms with van der Waals surface area (Å²) in [6.45, 7) is 0. The summed E-state index contributed by atoms with van der Waals surface area (Å²) in [5.41, 5.74) is 4.93. The monoisotopic (exact) mass is 423 g/mol. The van der Waals surface area contributed by atoms with E-state index in [1.807, 2.05) is 95.8 Å².